The Balaban J connectivity index is 2.03. The molecule has 0 atom stereocenters. The Morgan fingerprint density at radius 1 is 0.929 bits per heavy atom. The van der Waals surface area contributed by atoms with E-state index in [0.717, 1.165) is 18.3 Å². The number of rotatable bonds is 6. The van der Waals surface area contributed by atoms with Crippen molar-refractivity contribution in [1.82, 2.24) is 0 Å². The van der Waals surface area contributed by atoms with E-state index in [1.807, 2.05) is 0 Å². The van der Waals surface area contributed by atoms with Crippen LogP contribution in [0.2, 0.25) is 0 Å². The second-order valence-corrected chi connectivity index (χ2v) is 4.89. The van der Waals surface area contributed by atoms with E-state index in [0.29, 0.717) is 6.61 Å². The SMILES string of the molecule is CCCC1CCC(CCCCO)CC1. The molecular formula is C13H26O. The Kier molecular flexibility index (Phi) is 6.25. The minimum atomic E-state index is 0.380. The fourth-order valence-corrected chi connectivity index (χ4v) is 2.76. The van der Waals surface area contributed by atoms with Gasteiger partial charge in [-0.2, -0.15) is 0 Å². The van der Waals surface area contributed by atoms with Crippen molar-refractivity contribution in [2.45, 2.75) is 64.7 Å². The van der Waals surface area contributed by atoms with Gasteiger partial charge in [-0.15, -0.1) is 0 Å². The molecule has 1 rings (SSSR count). The Labute approximate surface area is 88.9 Å². The summed E-state index contributed by atoms with van der Waals surface area (Å²) in [4.78, 5) is 0. The number of aliphatic hydroxyl groups excluding tert-OH is 1. The predicted molar refractivity (Wildman–Crippen MR) is 61.3 cm³/mol. The first kappa shape index (κ1) is 12.0. The summed E-state index contributed by atoms with van der Waals surface area (Å²) in [6.45, 7) is 2.68. The molecule has 0 spiro atoms. The quantitative estimate of drug-likeness (QED) is 0.644. The lowest BCUT2D eigenvalue weighted by molar-refractivity contribution is 0.235. The van der Waals surface area contributed by atoms with Crippen LogP contribution >= 0.6 is 0 Å². The first-order chi connectivity index (χ1) is 6.86. The van der Waals surface area contributed by atoms with Gasteiger partial charge in [0.1, 0.15) is 0 Å². The summed E-state index contributed by atoms with van der Waals surface area (Å²) >= 11 is 0. The van der Waals surface area contributed by atoms with Gasteiger partial charge in [0.15, 0.2) is 0 Å². The van der Waals surface area contributed by atoms with Gasteiger partial charge >= 0.3 is 0 Å². The smallest absolute Gasteiger partial charge is 0.0431 e. The van der Waals surface area contributed by atoms with Crippen LogP contribution in [-0.2, 0) is 0 Å². The van der Waals surface area contributed by atoms with E-state index >= 15 is 0 Å². The highest BCUT2D eigenvalue weighted by Gasteiger charge is 2.19. The maximum atomic E-state index is 8.71. The summed E-state index contributed by atoms with van der Waals surface area (Å²) in [5.41, 5.74) is 0. The third-order valence-electron chi connectivity index (χ3n) is 3.68. The molecule has 1 N–H and O–H groups in total. The topological polar surface area (TPSA) is 20.2 Å². The second kappa shape index (κ2) is 7.28. The fraction of sp³-hybridized carbons (Fsp3) is 1.00. The molecule has 0 aromatic carbocycles. The van der Waals surface area contributed by atoms with Crippen LogP contribution in [0, 0.1) is 11.8 Å². The molecule has 1 fully saturated rings. The molecule has 0 aromatic rings. The van der Waals surface area contributed by atoms with E-state index in [1.165, 1.54) is 51.4 Å². The lowest BCUT2D eigenvalue weighted by Gasteiger charge is -2.28. The Bertz CT molecular complexity index is 125. The van der Waals surface area contributed by atoms with Crippen LogP contribution in [0.3, 0.4) is 0 Å². The van der Waals surface area contributed by atoms with Gasteiger partial charge in [0.05, 0.1) is 0 Å². The Morgan fingerprint density at radius 3 is 2.00 bits per heavy atom. The minimum absolute atomic E-state index is 0.380. The normalized spacial score (nSPS) is 27.9. The maximum absolute atomic E-state index is 8.71. The largest absolute Gasteiger partial charge is 0.396 e. The van der Waals surface area contributed by atoms with E-state index in [-0.39, 0.29) is 0 Å². The zero-order valence-corrected chi connectivity index (χ0v) is 9.67. The lowest BCUT2D eigenvalue weighted by atomic mass is 9.78. The lowest BCUT2D eigenvalue weighted by Crippen LogP contribution is -2.14. The van der Waals surface area contributed by atoms with Gasteiger partial charge < -0.3 is 5.11 Å². The van der Waals surface area contributed by atoms with Crippen molar-refractivity contribution < 1.29 is 5.11 Å². The van der Waals surface area contributed by atoms with Crippen molar-refractivity contribution in [3.8, 4) is 0 Å². The van der Waals surface area contributed by atoms with Gasteiger partial charge in [-0.3, -0.25) is 0 Å². The minimum Gasteiger partial charge on any atom is -0.396 e. The van der Waals surface area contributed by atoms with Gasteiger partial charge in [0, 0.05) is 6.61 Å². The molecule has 0 radical (unpaired) electrons. The molecule has 1 heteroatoms. The third-order valence-corrected chi connectivity index (χ3v) is 3.68. The van der Waals surface area contributed by atoms with Crippen LogP contribution in [-0.4, -0.2) is 11.7 Å². The zero-order chi connectivity index (χ0) is 10.2. The van der Waals surface area contributed by atoms with Gasteiger partial charge in [-0.1, -0.05) is 58.3 Å². The monoisotopic (exact) mass is 198 g/mol. The number of aliphatic hydroxyl groups is 1. The predicted octanol–water partition coefficient (Wildman–Crippen LogP) is 3.76. The Morgan fingerprint density at radius 2 is 1.50 bits per heavy atom. The molecular weight excluding hydrogens is 172 g/mol. The Hall–Kier alpha value is -0.0400. The number of hydrogen-bond acceptors (Lipinski definition) is 1. The summed E-state index contributed by atoms with van der Waals surface area (Å²) in [6.07, 6.45) is 12.3. The maximum Gasteiger partial charge on any atom is 0.0431 e. The average molecular weight is 198 g/mol. The highest BCUT2D eigenvalue weighted by atomic mass is 16.2. The summed E-state index contributed by atoms with van der Waals surface area (Å²) in [7, 11) is 0. The van der Waals surface area contributed by atoms with E-state index in [2.05, 4.69) is 6.92 Å². The summed E-state index contributed by atoms with van der Waals surface area (Å²) in [5.74, 6) is 2.02. The highest BCUT2D eigenvalue weighted by molar-refractivity contribution is 4.72. The van der Waals surface area contributed by atoms with Crippen molar-refractivity contribution in [3.05, 3.63) is 0 Å². The molecule has 1 nitrogen and oxygen atoms in total. The van der Waals surface area contributed by atoms with Crippen LogP contribution in [0.4, 0.5) is 0 Å². The number of unbranched alkanes of at least 4 members (excludes halogenated alkanes) is 1. The first-order valence-corrected chi connectivity index (χ1v) is 6.47. The summed E-state index contributed by atoms with van der Waals surface area (Å²) in [5, 5.41) is 8.71. The van der Waals surface area contributed by atoms with Crippen molar-refractivity contribution in [1.29, 1.82) is 0 Å². The summed E-state index contributed by atoms with van der Waals surface area (Å²) < 4.78 is 0. The van der Waals surface area contributed by atoms with Crippen LogP contribution in [0.1, 0.15) is 64.7 Å². The summed E-state index contributed by atoms with van der Waals surface area (Å²) in [6, 6.07) is 0. The van der Waals surface area contributed by atoms with Gasteiger partial charge in [0.2, 0.25) is 0 Å². The van der Waals surface area contributed by atoms with E-state index < -0.39 is 0 Å². The van der Waals surface area contributed by atoms with Crippen molar-refractivity contribution in [3.63, 3.8) is 0 Å². The van der Waals surface area contributed by atoms with E-state index in [9.17, 15) is 0 Å². The van der Waals surface area contributed by atoms with Crippen LogP contribution in [0.25, 0.3) is 0 Å². The van der Waals surface area contributed by atoms with Crippen molar-refractivity contribution in [2.75, 3.05) is 6.61 Å². The van der Waals surface area contributed by atoms with E-state index in [4.69, 9.17) is 5.11 Å². The molecule has 0 bridgehead atoms. The molecule has 14 heavy (non-hydrogen) atoms. The first-order valence-electron chi connectivity index (χ1n) is 6.47. The van der Waals surface area contributed by atoms with Crippen molar-refractivity contribution in [2.24, 2.45) is 11.8 Å². The molecule has 0 amide bonds. The van der Waals surface area contributed by atoms with Gasteiger partial charge in [-0.05, 0) is 18.3 Å². The van der Waals surface area contributed by atoms with Crippen molar-refractivity contribution >= 4 is 0 Å². The molecule has 1 aliphatic carbocycles. The standard InChI is InChI=1S/C13H26O/c1-2-5-12-7-9-13(10-8-12)6-3-4-11-14/h12-14H,2-11H2,1H3. The zero-order valence-electron chi connectivity index (χ0n) is 9.67. The molecule has 0 aliphatic heterocycles. The molecule has 84 valence electrons. The van der Waals surface area contributed by atoms with E-state index in [1.54, 1.807) is 0 Å². The third kappa shape index (κ3) is 4.45. The molecule has 0 saturated heterocycles. The average Bonchev–Trinajstić information content (AvgIpc) is 2.21. The second-order valence-electron chi connectivity index (χ2n) is 4.89. The highest BCUT2D eigenvalue weighted by Crippen LogP contribution is 2.33. The fourth-order valence-electron chi connectivity index (χ4n) is 2.76. The van der Waals surface area contributed by atoms with Gasteiger partial charge in [0.25, 0.3) is 0 Å². The molecule has 0 heterocycles. The molecule has 0 aromatic heterocycles. The van der Waals surface area contributed by atoms with Crippen LogP contribution in [0.15, 0.2) is 0 Å². The molecule has 0 unspecified atom stereocenters. The van der Waals surface area contributed by atoms with Gasteiger partial charge in [-0.25, -0.2) is 0 Å². The molecule has 1 saturated carbocycles. The van der Waals surface area contributed by atoms with Crippen LogP contribution < -0.4 is 0 Å². The number of hydrogen-bond donors (Lipinski definition) is 1. The molecule has 1 aliphatic rings. The van der Waals surface area contributed by atoms with Crippen LogP contribution in [0.5, 0.6) is 0 Å².